The molecule has 0 saturated heterocycles. The largest absolute Gasteiger partial charge is 0.444 e. The summed E-state index contributed by atoms with van der Waals surface area (Å²) in [5, 5.41) is 6.79. The van der Waals surface area contributed by atoms with Crippen molar-refractivity contribution in [3.8, 4) is 0 Å². The third-order valence-electron chi connectivity index (χ3n) is 5.59. The number of ether oxygens (including phenoxy) is 1. The molecule has 34 heavy (non-hydrogen) atoms. The van der Waals surface area contributed by atoms with Gasteiger partial charge in [-0.1, -0.05) is 30.3 Å². The first-order valence-corrected chi connectivity index (χ1v) is 11.4. The summed E-state index contributed by atoms with van der Waals surface area (Å²) in [7, 11) is 1.97. The topological polar surface area (TPSA) is 90.2 Å². The standard InChI is InChI=1S/C26H31N5O3/c1-26(2,3)34-25(33)29-21(15-18-16-30(4)22-11-7-5-9-19(18)22)24(32)27-13-14-31-17-28-20-10-6-8-12-23(20)31/h5-12,16-17,21H,13-15H2,1-4H3,(H,27,32)(H,29,33)/t21-/m0/s1. The van der Waals surface area contributed by atoms with Crippen LogP contribution in [0.25, 0.3) is 21.9 Å². The minimum atomic E-state index is -0.778. The molecule has 0 aliphatic heterocycles. The van der Waals surface area contributed by atoms with E-state index in [0.29, 0.717) is 19.5 Å². The van der Waals surface area contributed by atoms with Crippen molar-refractivity contribution >= 4 is 33.9 Å². The van der Waals surface area contributed by atoms with Crippen LogP contribution in [-0.4, -0.2) is 44.3 Å². The molecule has 2 aromatic heterocycles. The lowest BCUT2D eigenvalue weighted by molar-refractivity contribution is -0.123. The van der Waals surface area contributed by atoms with Gasteiger partial charge in [0, 0.05) is 43.7 Å². The van der Waals surface area contributed by atoms with Crippen molar-refractivity contribution in [1.82, 2.24) is 24.8 Å². The number of hydrogen-bond acceptors (Lipinski definition) is 4. The van der Waals surface area contributed by atoms with Crippen LogP contribution >= 0.6 is 0 Å². The number of fused-ring (bicyclic) bond motifs is 2. The number of para-hydroxylation sites is 3. The first-order valence-electron chi connectivity index (χ1n) is 11.4. The lowest BCUT2D eigenvalue weighted by Gasteiger charge is -2.23. The smallest absolute Gasteiger partial charge is 0.408 e. The van der Waals surface area contributed by atoms with E-state index < -0.39 is 17.7 Å². The molecule has 0 radical (unpaired) electrons. The van der Waals surface area contributed by atoms with Crippen LogP contribution in [0, 0.1) is 0 Å². The molecule has 4 rings (SSSR count). The van der Waals surface area contributed by atoms with Crippen molar-refractivity contribution in [2.24, 2.45) is 7.05 Å². The Hall–Kier alpha value is -3.81. The van der Waals surface area contributed by atoms with Crippen molar-refractivity contribution in [2.45, 2.75) is 45.4 Å². The Labute approximate surface area is 198 Å². The lowest BCUT2D eigenvalue weighted by atomic mass is 10.0. The Morgan fingerprint density at radius 2 is 1.76 bits per heavy atom. The van der Waals surface area contributed by atoms with Crippen molar-refractivity contribution in [3.05, 3.63) is 66.6 Å². The van der Waals surface area contributed by atoms with Crippen molar-refractivity contribution in [2.75, 3.05) is 6.54 Å². The quantitative estimate of drug-likeness (QED) is 0.438. The second kappa shape index (κ2) is 9.59. The van der Waals surface area contributed by atoms with Crippen LogP contribution in [0.5, 0.6) is 0 Å². The molecule has 8 nitrogen and oxygen atoms in total. The van der Waals surface area contributed by atoms with Gasteiger partial charge >= 0.3 is 6.09 Å². The van der Waals surface area contributed by atoms with E-state index in [1.807, 2.05) is 70.9 Å². The van der Waals surface area contributed by atoms with Crippen LogP contribution in [0.15, 0.2) is 61.1 Å². The number of carbonyl (C=O) groups is 2. The maximum Gasteiger partial charge on any atom is 0.408 e. The highest BCUT2D eigenvalue weighted by Gasteiger charge is 2.25. The number of rotatable bonds is 7. The molecule has 4 aromatic rings. The predicted octanol–water partition coefficient (Wildman–Crippen LogP) is 3.78. The summed E-state index contributed by atoms with van der Waals surface area (Å²) in [6.07, 6.45) is 3.50. The van der Waals surface area contributed by atoms with E-state index in [1.165, 1.54) is 0 Å². The summed E-state index contributed by atoms with van der Waals surface area (Å²) in [4.78, 5) is 30.1. The third kappa shape index (κ3) is 5.39. The molecule has 2 N–H and O–H groups in total. The number of imidazole rings is 1. The van der Waals surface area contributed by atoms with E-state index in [1.54, 1.807) is 27.1 Å². The minimum absolute atomic E-state index is 0.261. The maximum absolute atomic E-state index is 13.2. The molecule has 0 unspecified atom stereocenters. The van der Waals surface area contributed by atoms with Gasteiger partial charge in [-0.05, 0) is 44.5 Å². The van der Waals surface area contributed by atoms with E-state index in [2.05, 4.69) is 15.6 Å². The summed E-state index contributed by atoms with van der Waals surface area (Å²) >= 11 is 0. The highest BCUT2D eigenvalue weighted by atomic mass is 16.6. The molecule has 2 aromatic carbocycles. The summed E-state index contributed by atoms with van der Waals surface area (Å²) in [6, 6.07) is 15.1. The Kier molecular flexibility index (Phi) is 6.58. The fourth-order valence-corrected chi connectivity index (χ4v) is 4.08. The van der Waals surface area contributed by atoms with Gasteiger partial charge in [0.2, 0.25) is 5.91 Å². The average Bonchev–Trinajstić information content (AvgIpc) is 3.33. The highest BCUT2D eigenvalue weighted by molar-refractivity contribution is 5.88. The van der Waals surface area contributed by atoms with Gasteiger partial charge in [0.1, 0.15) is 11.6 Å². The summed E-state index contributed by atoms with van der Waals surface area (Å²) in [5.41, 5.74) is 3.31. The van der Waals surface area contributed by atoms with Crippen molar-refractivity contribution in [3.63, 3.8) is 0 Å². The van der Waals surface area contributed by atoms with Crippen molar-refractivity contribution in [1.29, 1.82) is 0 Å². The van der Waals surface area contributed by atoms with Gasteiger partial charge < -0.3 is 24.5 Å². The molecule has 0 aliphatic rings. The van der Waals surface area contributed by atoms with Gasteiger partial charge in [-0.15, -0.1) is 0 Å². The Bertz CT molecular complexity index is 1310. The number of hydrogen-bond donors (Lipinski definition) is 2. The predicted molar refractivity (Wildman–Crippen MR) is 133 cm³/mol. The molecule has 0 spiro atoms. The lowest BCUT2D eigenvalue weighted by Crippen LogP contribution is -2.49. The molecule has 178 valence electrons. The number of nitrogens with one attached hydrogen (secondary N) is 2. The van der Waals surface area contributed by atoms with Crippen LogP contribution in [0.1, 0.15) is 26.3 Å². The molecule has 1 atom stereocenters. The highest BCUT2D eigenvalue weighted by Crippen LogP contribution is 2.22. The fraction of sp³-hybridized carbons (Fsp3) is 0.346. The number of aromatic nitrogens is 3. The van der Waals surface area contributed by atoms with Gasteiger partial charge in [0.05, 0.1) is 17.4 Å². The van der Waals surface area contributed by atoms with Crippen LogP contribution < -0.4 is 10.6 Å². The molecule has 2 amide bonds. The van der Waals surface area contributed by atoms with Gasteiger partial charge in [0.15, 0.2) is 0 Å². The minimum Gasteiger partial charge on any atom is -0.444 e. The van der Waals surface area contributed by atoms with Crippen LogP contribution in [0.4, 0.5) is 4.79 Å². The Morgan fingerprint density at radius 3 is 2.53 bits per heavy atom. The van der Waals surface area contributed by atoms with E-state index >= 15 is 0 Å². The summed E-state index contributed by atoms with van der Waals surface area (Å²) in [6.45, 7) is 6.35. The van der Waals surface area contributed by atoms with Gasteiger partial charge in [-0.3, -0.25) is 4.79 Å². The molecule has 2 heterocycles. The van der Waals surface area contributed by atoms with E-state index in [4.69, 9.17) is 4.74 Å². The van der Waals surface area contributed by atoms with E-state index in [-0.39, 0.29) is 5.91 Å². The molecule has 8 heteroatoms. The van der Waals surface area contributed by atoms with E-state index in [0.717, 1.165) is 27.5 Å². The normalized spacial score (nSPS) is 12.6. The summed E-state index contributed by atoms with van der Waals surface area (Å²) < 4.78 is 9.43. The number of carbonyl (C=O) groups excluding carboxylic acids is 2. The second-order valence-corrected chi connectivity index (χ2v) is 9.40. The van der Waals surface area contributed by atoms with Gasteiger partial charge in [0.25, 0.3) is 0 Å². The van der Waals surface area contributed by atoms with Gasteiger partial charge in [-0.25, -0.2) is 9.78 Å². The maximum atomic E-state index is 13.2. The molecule has 0 saturated carbocycles. The number of nitrogens with zero attached hydrogens (tertiary/aromatic N) is 3. The van der Waals surface area contributed by atoms with Crippen molar-refractivity contribution < 1.29 is 14.3 Å². The number of alkyl carbamates (subject to hydrolysis) is 1. The summed E-state index contributed by atoms with van der Waals surface area (Å²) in [5.74, 6) is -0.261. The monoisotopic (exact) mass is 461 g/mol. The first-order chi connectivity index (χ1) is 16.2. The first kappa shape index (κ1) is 23.4. The Balaban J connectivity index is 1.48. The van der Waals surface area contributed by atoms with Crippen LogP contribution in [-0.2, 0) is 29.5 Å². The zero-order valence-electron chi connectivity index (χ0n) is 20.0. The zero-order chi connectivity index (χ0) is 24.3. The van der Waals surface area contributed by atoms with E-state index in [9.17, 15) is 9.59 Å². The number of aryl methyl sites for hydroxylation is 1. The average molecular weight is 462 g/mol. The Morgan fingerprint density at radius 1 is 1.06 bits per heavy atom. The molecule has 0 fully saturated rings. The number of amides is 2. The second-order valence-electron chi connectivity index (χ2n) is 9.40. The molecule has 0 bridgehead atoms. The number of benzene rings is 2. The molecule has 0 aliphatic carbocycles. The van der Waals surface area contributed by atoms with Crippen LogP contribution in [0.3, 0.4) is 0 Å². The molecular weight excluding hydrogens is 430 g/mol. The third-order valence-corrected chi connectivity index (χ3v) is 5.59. The van der Waals surface area contributed by atoms with Crippen LogP contribution in [0.2, 0.25) is 0 Å². The fourth-order valence-electron chi connectivity index (χ4n) is 4.08. The zero-order valence-corrected chi connectivity index (χ0v) is 20.0. The molecular formula is C26H31N5O3. The van der Waals surface area contributed by atoms with Gasteiger partial charge in [-0.2, -0.15) is 0 Å². The SMILES string of the molecule is Cn1cc(C[C@H](NC(=O)OC(C)(C)C)C(=O)NCCn2cnc3ccccc32)c2ccccc21.